The first-order valence-corrected chi connectivity index (χ1v) is 10.0. The quantitative estimate of drug-likeness (QED) is 0.192. The van der Waals surface area contributed by atoms with Gasteiger partial charge < -0.3 is 19.3 Å². The monoisotopic (exact) mass is 402 g/mol. The van der Waals surface area contributed by atoms with Crippen molar-refractivity contribution in [3.05, 3.63) is 0 Å². The number of ether oxygens (including phenoxy) is 3. The van der Waals surface area contributed by atoms with Crippen LogP contribution in [0.5, 0.6) is 0 Å². The van der Waals surface area contributed by atoms with Crippen LogP contribution in [0.2, 0.25) is 0 Å². The van der Waals surface area contributed by atoms with Crippen molar-refractivity contribution in [3.8, 4) is 0 Å². The Kier molecular flexibility index (Phi) is 14.0. The van der Waals surface area contributed by atoms with E-state index in [4.69, 9.17) is 9.47 Å². The SMILES string of the molecule is CCCCCCOC(=O)CC(O)(CC(=O)OCCCCCC)C(=O)OC(C)=O. The average molecular weight is 402 g/mol. The average Bonchev–Trinajstić information content (AvgIpc) is 2.60. The molecule has 0 heterocycles. The van der Waals surface area contributed by atoms with Crippen LogP contribution in [-0.4, -0.2) is 47.8 Å². The molecular formula is C20H34O8. The first kappa shape index (κ1) is 26.0. The molecule has 0 aliphatic heterocycles. The maximum Gasteiger partial charge on any atom is 0.346 e. The zero-order chi connectivity index (χ0) is 21.4. The Labute approximate surface area is 166 Å². The lowest BCUT2D eigenvalue weighted by molar-refractivity contribution is -0.182. The highest BCUT2D eigenvalue weighted by Gasteiger charge is 2.44. The number of carbonyl (C=O) groups is 4. The molecule has 0 spiro atoms. The van der Waals surface area contributed by atoms with E-state index >= 15 is 0 Å². The fraction of sp³-hybridized carbons (Fsp3) is 0.800. The summed E-state index contributed by atoms with van der Waals surface area (Å²) in [6, 6.07) is 0. The molecule has 0 aromatic carbocycles. The Morgan fingerprint density at radius 1 is 0.750 bits per heavy atom. The van der Waals surface area contributed by atoms with Gasteiger partial charge in [-0.1, -0.05) is 52.4 Å². The van der Waals surface area contributed by atoms with Crippen LogP contribution in [0.1, 0.15) is 85.0 Å². The van der Waals surface area contributed by atoms with E-state index in [9.17, 15) is 24.3 Å². The van der Waals surface area contributed by atoms with Gasteiger partial charge in [0.15, 0.2) is 5.60 Å². The maximum atomic E-state index is 12.1. The van der Waals surface area contributed by atoms with Gasteiger partial charge in [0.25, 0.3) is 0 Å². The Bertz CT molecular complexity index is 472. The van der Waals surface area contributed by atoms with Gasteiger partial charge in [-0.25, -0.2) is 4.79 Å². The normalized spacial score (nSPS) is 11.0. The highest BCUT2D eigenvalue weighted by atomic mass is 16.6. The van der Waals surface area contributed by atoms with Gasteiger partial charge in [-0.05, 0) is 12.8 Å². The fourth-order valence-corrected chi connectivity index (χ4v) is 2.44. The van der Waals surface area contributed by atoms with Crippen LogP contribution >= 0.6 is 0 Å². The van der Waals surface area contributed by atoms with Crippen LogP contribution in [0, 0.1) is 0 Å². The molecule has 8 nitrogen and oxygen atoms in total. The van der Waals surface area contributed by atoms with Crippen molar-refractivity contribution in [2.24, 2.45) is 0 Å². The van der Waals surface area contributed by atoms with Crippen LogP contribution < -0.4 is 0 Å². The first-order chi connectivity index (χ1) is 13.2. The minimum Gasteiger partial charge on any atom is -0.466 e. The maximum absolute atomic E-state index is 12.1. The van der Waals surface area contributed by atoms with Crippen molar-refractivity contribution >= 4 is 23.9 Å². The molecule has 0 aromatic rings. The first-order valence-electron chi connectivity index (χ1n) is 10.0. The summed E-state index contributed by atoms with van der Waals surface area (Å²) in [5, 5.41) is 10.5. The van der Waals surface area contributed by atoms with Crippen LogP contribution in [0.3, 0.4) is 0 Å². The zero-order valence-corrected chi connectivity index (χ0v) is 17.3. The van der Waals surface area contributed by atoms with Crippen LogP contribution in [0.4, 0.5) is 0 Å². The van der Waals surface area contributed by atoms with Gasteiger partial charge >= 0.3 is 23.9 Å². The minimum absolute atomic E-state index is 0.151. The van der Waals surface area contributed by atoms with Gasteiger partial charge in [-0.15, -0.1) is 0 Å². The van der Waals surface area contributed by atoms with Crippen molar-refractivity contribution in [2.45, 2.75) is 90.6 Å². The van der Waals surface area contributed by atoms with Crippen LogP contribution in [0.15, 0.2) is 0 Å². The molecule has 0 radical (unpaired) electrons. The summed E-state index contributed by atoms with van der Waals surface area (Å²) in [5.74, 6) is -4.03. The predicted octanol–water partition coefficient (Wildman–Crippen LogP) is 2.83. The molecule has 0 saturated carbocycles. The van der Waals surface area contributed by atoms with Crippen LogP contribution in [0.25, 0.3) is 0 Å². The summed E-state index contributed by atoms with van der Waals surface area (Å²) in [4.78, 5) is 47.0. The summed E-state index contributed by atoms with van der Waals surface area (Å²) in [5.41, 5.74) is -2.51. The van der Waals surface area contributed by atoms with E-state index in [1.54, 1.807) is 0 Å². The van der Waals surface area contributed by atoms with E-state index < -0.39 is 42.3 Å². The molecular weight excluding hydrogens is 368 g/mol. The smallest absolute Gasteiger partial charge is 0.346 e. The number of aliphatic hydroxyl groups is 1. The fourth-order valence-electron chi connectivity index (χ4n) is 2.44. The number of esters is 4. The molecule has 0 fully saturated rings. The van der Waals surface area contributed by atoms with E-state index in [2.05, 4.69) is 18.6 Å². The standard InChI is InChI=1S/C20H34O8/c1-4-6-8-10-12-26-17(22)14-20(25,19(24)28-16(3)21)15-18(23)27-13-11-9-7-5-2/h25H,4-15H2,1-3H3. The third-order valence-corrected chi connectivity index (χ3v) is 4.01. The van der Waals surface area contributed by atoms with Gasteiger partial charge in [0.05, 0.1) is 26.1 Å². The molecule has 162 valence electrons. The molecule has 0 rings (SSSR count). The second kappa shape index (κ2) is 15.0. The Hall–Kier alpha value is -1.96. The summed E-state index contributed by atoms with van der Waals surface area (Å²) < 4.78 is 14.4. The molecule has 28 heavy (non-hydrogen) atoms. The van der Waals surface area contributed by atoms with E-state index in [1.807, 2.05) is 0 Å². The van der Waals surface area contributed by atoms with Crippen molar-refractivity contribution in [1.82, 2.24) is 0 Å². The van der Waals surface area contributed by atoms with Crippen molar-refractivity contribution in [1.29, 1.82) is 0 Å². The Morgan fingerprint density at radius 2 is 1.18 bits per heavy atom. The highest BCUT2D eigenvalue weighted by molar-refractivity contribution is 5.95. The summed E-state index contributed by atoms with van der Waals surface area (Å²) in [7, 11) is 0. The molecule has 8 heteroatoms. The van der Waals surface area contributed by atoms with Gasteiger partial charge in [-0.2, -0.15) is 0 Å². The van der Waals surface area contributed by atoms with E-state index in [0.717, 1.165) is 45.4 Å². The van der Waals surface area contributed by atoms with Gasteiger partial charge in [-0.3, -0.25) is 14.4 Å². The third kappa shape index (κ3) is 12.4. The summed E-state index contributed by atoms with van der Waals surface area (Å²) in [6.07, 6.45) is 5.61. The molecule has 0 unspecified atom stereocenters. The predicted molar refractivity (Wildman–Crippen MR) is 101 cm³/mol. The zero-order valence-electron chi connectivity index (χ0n) is 17.3. The number of carbonyl (C=O) groups excluding carboxylic acids is 4. The summed E-state index contributed by atoms with van der Waals surface area (Å²) >= 11 is 0. The lowest BCUT2D eigenvalue weighted by atomic mass is 9.95. The van der Waals surface area contributed by atoms with Crippen LogP contribution in [-0.2, 0) is 33.4 Å². The number of unbranched alkanes of at least 4 members (excludes halogenated alkanes) is 6. The van der Waals surface area contributed by atoms with Gasteiger partial charge in [0.1, 0.15) is 0 Å². The number of hydrogen-bond acceptors (Lipinski definition) is 8. The van der Waals surface area contributed by atoms with Crippen molar-refractivity contribution in [2.75, 3.05) is 13.2 Å². The van der Waals surface area contributed by atoms with Gasteiger partial charge in [0.2, 0.25) is 0 Å². The second-order valence-corrected chi connectivity index (χ2v) is 6.83. The molecule has 1 N–H and O–H groups in total. The molecule has 0 aromatic heterocycles. The van der Waals surface area contributed by atoms with Gasteiger partial charge in [0, 0.05) is 6.92 Å². The molecule has 0 atom stereocenters. The molecule has 0 aliphatic carbocycles. The molecule has 0 bridgehead atoms. The van der Waals surface area contributed by atoms with E-state index in [0.29, 0.717) is 12.8 Å². The Morgan fingerprint density at radius 3 is 1.54 bits per heavy atom. The largest absolute Gasteiger partial charge is 0.466 e. The topological polar surface area (TPSA) is 116 Å². The third-order valence-electron chi connectivity index (χ3n) is 4.01. The lowest BCUT2D eigenvalue weighted by Gasteiger charge is -2.23. The number of rotatable bonds is 15. The Balaban J connectivity index is 4.70. The minimum atomic E-state index is -2.51. The lowest BCUT2D eigenvalue weighted by Crippen LogP contribution is -2.45. The van der Waals surface area contributed by atoms with E-state index in [-0.39, 0.29) is 13.2 Å². The van der Waals surface area contributed by atoms with Crippen molar-refractivity contribution in [3.63, 3.8) is 0 Å². The number of hydrogen-bond donors (Lipinski definition) is 1. The van der Waals surface area contributed by atoms with Crippen molar-refractivity contribution < 1.29 is 38.5 Å². The molecule has 0 amide bonds. The molecule has 0 saturated heterocycles. The second-order valence-electron chi connectivity index (χ2n) is 6.83. The highest BCUT2D eigenvalue weighted by Crippen LogP contribution is 2.20. The van der Waals surface area contributed by atoms with E-state index in [1.165, 1.54) is 0 Å². The molecule has 0 aliphatic rings. The summed E-state index contributed by atoms with van der Waals surface area (Å²) in [6.45, 7) is 5.39.